The second kappa shape index (κ2) is 23.1. The molecule has 242 valence electrons. The molecule has 46 heavy (non-hydrogen) atoms. The average molecular weight is 611 g/mol. The summed E-state index contributed by atoms with van der Waals surface area (Å²) >= 11 is 0. The molecule has 0 spiro atoms. The van der Waals surface area contributed by atoms with E-state index in [2.05, 4.69) is 137 Å². The van der Waals surface area contributed by atoms with Gasteiger partial charge in [0.1, 0.15) is 0 Å². The van der Waals surface area contributed by atoms with Crippen molar-refractivity contribution in [2.75, 3.05) is 0 Å². The van der Waals surface area contributed by atoms with Crippen LogP contribution in [0, 0.1) is 12.3 Å². The first-order valence-electron chi connectivity index (χ1n) is 17.1. The summed E-state index contributed by atoms with van der Waals surface area (Å²) in [7, 11) is 0. The molecule has 3 rings (SSSR count). The highest BCUT2D eigenvalue weighted by Gasteiger charge is 2.15. The molecule has 0 heterocycles. The van der Waals surface area contributed by atoms with Crippen LogP contribution in [0.15, 0.2) is 150 Å². The molecule has 0 nitrogen and oxygen atoms in total. The van der Waals surface area contributed by atoms with Crippen molar-refractivity contribution >= 4 is 5.57 Å². The molecule has 0 fully saturated rings. The quantitative estimate of drug-likeness (QED) is 0.166. The summed E-state index contributed by atoms with van der Waals surface area (Å²) in [5.41, 5.74) is 13.0. The number of rotatable bonds is 12. The van der Waals surface area contributed by atoms with Gasteiger partial charge in [0, 0.05) is 0 Å². The van der Waals surface area contributed by atoms with Gasteiger partial charge in [0.25, 0.3) is 0 Å². The zero-order valence-electron chi connectivity index (χ0n) is 30.2. The minimum atomic E-state index is 0.398. The maximum absolute atomic E-state index is 5.67. The highest BCUT2D eigenvalue weighted by molar-refractivity contribution is 5.72. The van der Waals surface area contributed by atoms with E-state index < -0.39 is 0 Å². The molecule has 0 heteroatoms. The number of allylic oxidation sites excluding steroid dienone is 17. The van der Waals surface area contributed by atoms with Gasteiger partial charge in [0.2, 0.25) is 0 Å². The summed E-state index contributed by atoms with van der Waals surface area (Å²) in [5.74, 6) is 3.12. The van der Waals surface area contributed by atoms with Crippen LogP contribution in [0.4, 0.5) is 0 Å². The van der Waals surface area contributed by atoms with Gasteiger partial charge in [-0.3, -0.25) is 0 Å². The van der Waals surface area contributed by atoms with E-state index in [1.165, 1.54) is 50.1 Å². The molecule has 1 aliphatic carbocycles. The van der Waals surface area contributed by atoms with Gasteiger partial charge >= 0.3 is 0 Å². The Balaban J connectivity index is 0.00000254. The van der Waals surface area contributed by atoms with Crippen LogP contribution in [0.3, 0.4) is 0 Å². The van der Waals surface area contributed by atoms with Crippen molar-refractivity contribution in [3.05, 3.63) is 172 Å². The van der Waals surface area contributed by atoms with Crippen molar-refractivity contribution in [3.8, 4) is 12.3 Å². The van der Waals surface area contributed by atoms with Crippen LogP contribution in [-0.4, -0.2) is 0 Å². The second-order valence-electron chi connectivity index (χ2n) is 10.9. The predicted molar refractivity (Wildman–Crippen MR) is 209 cm³/mol. The van der Waals surface area contributed by atoms with E-state index in [0.29, 0.717) is 5.92 Å². The largest absolute Gasteiger partial charge is 0.115 e. The lowest BCUT2D eigenvalue weighted by atomic mass is 9.84. The number of hydrogen-bond acceptors (Lipinski definition) is 0. The normalized spacial score (nSPS) is 14.8. The molecule has 0 aliphatic heterocycles. The first-order valence-corrected chi connectivity index (χ1v) is 17.1. The van der Waals surface area contributed by atoms with E-state index in [1.54, 1.807) is 0 Å². The summed E-state index contributed by atoms with van der Waals surface area (Å²) in [6.07, 6.45) is 32.7. The van der Waals surface area contributed by atoms with Gasteiger partial charge in [-0.25, -0.2) is 0 Å². The Morgan fingerprint density at radius 3 is 2.11 bits per heavy atom. The molecule has 0 saturated heterocycles. The maximum Gasteiger partial charge on any atom is -0.000732 e. The Bertz CT molecular complexity index is 1490. The number of hydrogen-bond donors (Lipinski definition) is 0. The molecule has 1 unspecified atom stereocenters. The lowest BCUT2D eigenvalue weighted by molar-refractivity contribution is 0.965. The molecule has 0 saturated carbocycles. The number of terminal acetylenes is 1. The first kappa shape index (κ1) is 39.7. The highest BCUT2D eigenvalue weighted by Crippen LogP contribution is 2.35. The molecular weight excluding hydrogens is 553 g/mol. The van der Waals surface area contributed by atoms with E-state index in [1.807, 2.05) is 52.8 Å². The fourth-order valence-electron chi connectivity index (χ4n) is 5.41. The average Bonchev–Trinajstić information content (AvgIpc) is 3.08. The monoisotopic (exact) mass is 610 g/mol. The fourth-order valence-corrected chi connectivity index (χ4v) is 5.41. The summed E-state index contributed by atoms with van der Waals surface area (Å²) in [6, 6.07) is 17.9. The van der Waals surface area contributed by atoms with Crippen molar-refractivity contribution in [3.63, 3.8) is 0 Å². The Hall–Kier alpha value is -4.34. The van der Waals surface area contributed by atoms with E-state index >= 15 is 0 Å². The molecule has 0 aromatic heterocycles. The highest BCUT2D eigenvalue weighted by atomic mass is 14.2. The van der Waals surface area contributed by atoms with E-state index in [-0.39, 0.29) is 0 Å². The Kier molecular flexibility index (Phi) is 19.9. The summed E-state index contributed by atoms with van der Waals surface area (Å²) in [4.78, 5) is 0. The predicted octanol–water partition coefficient (Wildman–Crippen LogP) is 13.4. The van der Waals surface area contributed by atoms with Gasteiger partial charge in [0.05, 0.1) is 0 Å². The van der Waals surface area contributed by atoms with E-state index in [4.69, 9.17) is 6.42 Å². The van der Waals surface area contributed by atoms with Gasteiger partial charge in [-0.15, -0.1) is 6.42 Å². The van der Waals surface area contributed by atoms with Crippen molar-refractivity contribution < 1.29 is 0 Å². The molecule has 0 amide bonds. The zero-order chi connectivity index (χ0) is 34.3. The van der Waals surface area contributed by atoms with Crippen molar-refractivity contribution in [2.24, 2.45) is 0 Å². The summed E-state index contributed by atoms with van der Waals surface area (Å²) < 4.78 is 0. The van der Waals surface area contributed by atoms with E-state index in [0.717, 1.165) is 31.3 Å². The molecule has 1 aliphatic rings. The van der Waals surface area contributed by atoms with Crippen LogP contribution in [0.1, 0.15) is 103 Å². The molecular formula is C46H58. The van der Waals surface area contributed by atoms with Crippen LogP contribution in [0.5, 0.6) is 0 Å². The summed E-state index contributed by atoms with van der Waals surface area (Å²) in [5, 5.41) is 0. The van der Waals surface area contributed by atoms with Crippen LogP contribution < -0.4 is 0 Å². The van der Waals surface area contributed by atoms with Crippen LogP contribution in [0.25, 0.3) is 5.57 Å². The third kappa shape index (κ3) is 12.9. The SMILES string of the molecule is C#C/C=C(\C=C/Cc1ccc(C(C)/C=C\C=C/C)cc1)Cc1ccc(C2=CC(C)=C(/C(C=C)=C(C)/C=C\C)CC2)cc1.CC.CC. The van der Waals surface area contributed by atoms with Crippen LogP contribution in [-0.2, 0) is 12.8 Å². The molecule has 0 bridgehead atoms. The van der Waals surface area contributed by atoms with Crippen molar-refractivity contribution in [1.82, 2.24) is 0 Å². The maximum atomic E-state index is 5.67. The lowest BCUT2D eigenvalue weighted by Crippen LogP contribution is -2.01. The minimum Gasteiger partial charge on any atom is -0.115 e. The smallest absolute Gasteiger partial charge is 0.000732 e. The molecule has 0 N–H and O–H groups in total. The van der Waals surface area contributed by atoms with Gasteiger partial charge in [-0.05, 0) is 121 Å². The first-order chi connectivity index (χ1) is 22.4. The Labute approximate surface area is 283 Å². The van der Waals surface area contributed by atoms with Crippen LogP contribution in [0.2, 0.25) is 0 Å². The Morgan fingerprint density at radius 2 is 1.54 bits per heavy atom. The third-order valence-corrected chi connectivity index (χ3v) is 7.78. The molecule has 2 aromatic rings. The third-order valence-electron chi connectivity index (χ3n) is 7.78. The van der Waals surface area contributed by atoms with Crippen LogP contribution >= 0.6 is 0 Å². The summed E-state index contributed by atoms with van der Waals surface area (Å²) in [6.45, 7) is 22.8. The zero-order valence-corrected chi connectivity index (χ0v) is 30.2. The Morgan fingerprint density at radius 1 is 0.891 bits per heavy atom. The number of benzene rings is 2. The van der Waals surface area contributed by atoms with Crippen molar-refractivity contribution in [2.45, 2.75) is 93.9 Å². The topological polar surface area (TPSA) is 0 Å². The van der Waals surface area contributed by atoms with Gasteiger partial charge in [-0.2, -0.15) is 0 Å². The van der Waals surface area contributed by atoms with Gasteiger partial charge in [-0.1, -0.05) is 156 Å². The molecule has 2 aromatic carbocycles. The lowest BCUT2D eigenvalue weighted by Gasteiger charge is -2.21. The van der Waals surface area contributed by atoms with Gasteiger partial charge < -0.3 is 0 Å². The fraction of sp³-hybridized carbons (Fsp3) is 0.304. The second-order valence-corrected chi connectivity index (χ2v) is 10.9. The standard InChI is InChI=1S/C42H46.2C2H6/c1-8-12-13-17-32(5)38-24-20-35(21-25-38)18-14-19-36(16-10-3)31-37-22-26-39(27-23-37)40-28-29-42(34(7)30-40)41(11-4)33(6)15-9-2;2*1-2/h3,8-9,11-17,19-27,30,32H,4,18,28-29,31H2,1-2,5-7H3;2*1-2H3/b12-8-,15-9-,17-13-,19-14-,36-16+,41-33+;;. The minimum absolute atomic E-state index is 0.398. The van der Waals surface area contributed by atoms with Gasteiger partial charge in [0.15, 0.2) is 0 Å². The van der Waals surface area contributed by atoms with E-state index in [9.17, 15) is 0 Å². The molecule has 1 atom stereocenters. The molecule has 0 radical (unpaired) electrons. The van der Waals surface area contributed by atoms with Crippen molar-refractivity contribution in [1.29, 1.82) is 0 Å².